The Hall–Kier alpha value is -1.05. The van der Waals surface area contributed by atoms with Gasteiger partial charge in [0.2, 0.25) is 5.91 Å². The minimum atomic E-state index is -0.171. The molecule has 0 radical (unpaired) electrons. The Bertz CT molecular complexity index is 292. The van der Waals surface area contributed by atoms with Crippen molar-refractivity contribution in [2.24, 2.45) is 5.73 Å². The molecule has 0 spiro atoms. The van der Waals surface area contributed by atoms with Crippen molar-refractivity contribution in [1.82, 2.24) is 0 Å². The fourth-order valence-electron chi connectivity index (χ4n) is 2.11. The Kier molecular flexibility index (Phi) is 25.4. The van der Waals surface area contributed by atoms with E-state index < -0.39 is 0 Å². The lowest BCUT2D eigenvalue weighted by atomic mass is 10.1. The molecule has 0 rings (SSSR count). The smallest absolute Gasteiger partial charge is 0.217 e. The zero-order chi connectivity index (χ0) is 18.3. The molecule has 0 unspecified atom stereocenters. The van der Waals surface area contributed by atoms with E-state index in [4.69, 9.17) is 5.73 Å². The molecule has 0 bridgehead atoms. The van der Waals surface area contributed by atoms with Gasteiger partial charge in [0.1, 0.15) is 0 Å². The van der Waals surface area contributed by atoms with E-state index >= 15 is 0 Å². The molecule has 24 heavy (non-hydrogen) atoms. The van der Waals surface area contributed by atoms with Crippen molar-refractivity contribution in [3.05, 3.63) is 24.3 Å². The summed E-state index contributed by atoms with van der Waals surface area (Å²) in [5.41, 5.74) is 5.09. The molecule has 2 nitrogen and oxygen atoms in total. The van der Waals surface area contributed by atoms with E-state index in [1.165, 1.54) is 64.2 Å². The van der Waals surface area contributed by atoms with Crippen molar-refractivity contribution < 1.29 is 4.79 Å². The van der Waals surface area contributed by atoms with Gasteiger partial charge in [-0.2, -0.15) is 0 Å². The lowest BCUT2D eigenvalue weighted by molar-refractivity contribution is -0.118. The molecule has 0 aliphatic heterocycles. The van der Waals surface area contributed by atoms with Crippen LogP contribution >= 0.6 is 0 Å². The maximum absolute atomic E-state index is 10.5. The first-order valence-corrected chi connectivity index (χ1v) is 10.3. The number of rotatable bonds is 15. The van der Waals surface area contributed by atoms with Crippen LogP contribution in [0, 0.1) is 0 Å². The highest BCUT2D eigenvalue weighted by molar-refractivity contribution is 5.73. The number of primary amides is 1. The molecule has 0 saturated carbocycles. The van der Waals surface area contributed by atoms with E-state index in [-0.39, 0.29) is 5.91 Å². The summed E-state index contributed by atoms with van der Waals surface area (Å²) in [5, 5.41) is 0. The van der Waals surface area contributed by atoms with Crippen molar-refractivity contribution in [2.75, 3.05) is 0 Å². The van der Waals surface area contributed by atoms with Crippen LogP contribution in [-0.2, 0) is 4.79 Å². The number of allylic oxidation sites excluding steroid dienone is 4. The summed E-state index contributed by atoms with van der Waals surface area (Å²) in [4.78, 5) is 10.5. The lowest BCUT2D eigenvalue weighted by Gasteiger charge is -1.98. The average molecular weight is 338 g/mol. The molecule has 2 N–H and O–H groups in total. The van der Waals surface area contributed by atoms with Gasteiger partial charge in [-0.25, -0.2) is 0 Å². The molecule has 0 aromatic rings. The quantitative estimate of drug-likeness (QED) is 0.251. The van der Waals surface area contributed by atoms with Crippen molar-refractivity contribution in [3.63, 3.8) is 0 Å². The third kappa shape index (κ3) is 29.0. The SMILES string of the molecule is CCCC.CCCCC/C=C\C/C=C\CCCCCCCC(N)=O. The number of hydrogen-bond acceptors (Lipinski definition) is 1. The second kappa shape index (κ2) is 24.2. The highest BCUT2D eigenvalue weighted by Crippen LogP contribution is 2.07. The molecule has 0 fully saturated rings. The van der Waals surface area contributed by atoms with Crippen LogP contribution < -0.4 is 5.73 Å². The first-order chi connectivity index (χ1) is 11.7. The standard InChI is InChI=1S/C18H33NO.C4H10/c1-2-3-4-5-6-7-8-9-10-11-12-13-14-15-16-17-18(19)20;1-3-4-2/h6-7,9-10H,2-5,8,11-17H2,1H3,(H2,19,20);3-4H2,1-2H3/b7-6-,10-9-;. The van der Waals surface area contributed by atoms with Gasteiger partial charge in [-0.15, -0.1) is 0 Å². The van der Waals surface area contributed by atoms with Gasteiger partial charge in [-0.1, -0.05) is 90.0 Å². The van der Waals surface area contributed by atoms with Crippen molar-refractivity contribution >= 4 is 5.91 Å². The number of nitrogens with two attached hydrogens (primary N) is 1. The van der Waals surface area contributed by atoms with Gasteiger partial charge in [0, 0.05) is 6.42 Å². The van der Waals surface area contributed by atoms with Crippen LogP contribution in [0.15, 0.2) is 24.3 Å². The van der Waals surface area contributed by atoms with Gasteiger partial charge in [0.05, 0.1) is 0 Å². The Morgan fingerprint density at radius 1 is 0.667 bits per heavy atom. The van der Waals surface area contributed by atoms with Crippen LogP contribution in [0.2, 0.25) is 0 Å². The summed E-state index contributed by atoms with van der Waals surface area (Å²) in [6, 6.07) is 0. The summed E-state index contributed by atoms with van der Waals surface area (Å²) >= 11 is 0. The van der Waals surface area contributed by atoms with E-state index in [0.29, 0.717) is 6.42 Å². The maximum Gasteiger partial charge on any atom is 0.217 e. The van der Waals surface area contributed by atoms with Gasteiger partial charge < -0.3 is 5.73 Å². The van der Waals surface area contributed by atoms with E-state index in [0.717, 1.165) is 19.3 Å². The normalized spacial score (nSPS) is 11.0. The molecular weight excluding hydrogens is 294 g/mol. The summed E-state index contributed by atoms with van der Waals surface area (Å²) in [6.07, 6.45) is 25.6. The van der Waals surface area contributed by atoms with E-state index in [9.17, 15) is 4.79 Å². The summed E-state index contributed by atoms with van der Waals surface area (Å²) in [5.74, 6) is -0.171. The number of hydrogen-bond donors (Lipinski definition) is 1. The van der Waals surface area contributed by atoms with Gasteiger partial charge in [-0.05, 0) is 38.5 Å². The van der Waals surface area contributed by atoms with Gasteiger partial charge in [-0.3, -0.25) is 4.79 Å². The van der Waals surface area contributed by atoms with Gasteiger partial charge in [0.15, 0.2) is 0 Å². The maximum atomic E-state index is 10.5. The van der Waals surface area contributed by atoms with Gasteiger partial charge in [0.25, 0.3) is 0 Å². The van der Waals surface area contributed by atoms with Crippen LogP contribution in [0.1, 0.15) is 111 Å². The van der Waals surface area contributed by atoms with Crippen LogP contribution in [-0.4, -0.2) is 5.91 Å². The minimum absolute atomic E-state index is 0.171. The van der Waals surface area contributed by atoms with Crippen LogP contribution in [0.4, 0.5) is 0 Å². The fourth-order valence-corrected chi connectivity index (χ4v) is 2.11. The fraction of sp³-hybridized carbons (Fsp3) is 0.773. The number of unbranched alkanes of at least 4 members (excludes halogenated alkanes) is 9. The lowest BCUT2D eigenvalue weighted by Crippen LogP contribution is -2.09. The molecule has 0 atom stereocenters. The molecule has 1 amide bonds. The topological polar surface area (TPSA) is 43.1 Å². The predicted octanol–water partition coefficient (Wildman–Crippen LogP) is 7.09. The van der Waals surface area contributed by atoms with Crippen molar-refractivity contribution in [1.29, 1.82) is 0 Å². The van der Waals surface area contributed by atoms with Crippen molar-refractivity contribution in [2.45, 2.75) is 111 Å². The zero-order valence-electron chi connectivity index (χ0n) is 16.7. The third-order valence-electron chi connectivity index (χ3n) is 3.87. The van der Waals surface area contributed by atoms with E-state index in [1.54, 1.807) is 0 Å². The predicted molar refractivity (Wildman–Crippen MR) is 109 cm³/mol. The Morgan fingerprint density at radius 2 is 1.17 bits per heavy atom. The molecule has 2 heteroatoms. The highest BCUT2D eigenvalue weighted by Gasteiger charge is 1.94. The molecule has 0 aliphatic rings. The van der Waals surface area contributed by atoms with Crippen LogP contribution in [0.25, 0.3) is 0 Å². The van der Waals surface area contributed by atoms with E-state index in [2.05, 4.69) is 45.1 Å². The Morgan fingerprint density at radius 3 is 1.67 bits per heavy atom. The van der Waals surface area contributed by atoms with Crippen LogP contribution in [0.3, 0.4) is 0 Å². The summed E-state index contributed by atoms with van der Waals surface area (Å²) < 4.78 is 0. The van der Waals surface area contributed by atoms with Crippen molar-refractivity contribution in [3.8, 4) is 0 Å². The first-order valence-electron chi connectivity index (χ1n) is 10.3. The first kappa shape index (κ1) is 25.2. The third-order valence-corrected chi connectivity index (χ3v) is 3.87. The molecule has 0 aliphatic carbocycles. The number of amides is 1. The summed E-state index contributed by atoms with van der Waals surface area (Å²) in [6.45, 7) is 6.60. The molecule has 0 aromatic heterocycles. The number of carbonyl (C=O) groups excluding carboxylic acids is 1. The molecule has 0 saturated heterocycles. The summed E-state index contributed by atoms with van der Waals surface area (Å²) in [7, 11) is 0. The molecule has 0 heterocycles. The van der Waals surface area contributed by atoms with Crippen LogP contribution in [0.5, 0.6) is 0 Å². The zero-order valence-corrected chi connectivity index (χ0v) is 16.7. The number of carbonyl (C=O) groups is 1. The highest BCUT2D eigenvalue weighted by atomic mass is 16.1. The monoisotopic (exact) mass is 337 g/mol. The Balaban J connectivity index is 0. The molecule has 142 valence electrons. The largest absolute Gasteiger partial charge is 0.370 e. The van der Waals surface area contributed by atoms with Gasteiger partial charge >= 0.3 is 0 Å². The minimum Gasteiger partial charge on any atom is -0.370 e. The Labute approximate surface area is 152 Å². The molecule has 0 aromatic carbocycles. The average Bonchev–Trinajstić information content (AvgIpc) is 2.58. The molecular formula is C22H43NO. The second-order valence-electron chi connectivity index (χ2n) is 6.45. The van der Waals surface area contributed by atoms with E-state index in [1.807, 2.05) is 0 Å². The second-order valence-corrected chi connectivity index (χ2v) is 6.45.